The molecule has 0 saturated heterocycles. The molecule has 0 spiro atoms. The number of nitrogens with zero attached hydrogens (tertiary/aromatic N) is 4. The number of aliphatic hydroxyl groups excluding tert-OH is 1. The van der Waals surface area contributed by atoms with Crippen molar-refractivity contribution in [1.82, 2.24) is 25.1 Å². The van der Waals surface area contributed by atoms with Crippen LogP contribution in [-0.4, -0.2) is 37.0 Å². The minimum Gasteiger partial charge on any atom is -0.391 e. The lowest BCUT2D eigenvalue weighted by atomic mass is 10.0. The third-order valence-electron chi connectivity index (χ3n) is 4.75. The molecule has 0 aliphatic rings. The SMILES string of the molecule is Cc1cc(-n2ncc3cc(NC(=O)NC(c4ccccc4)[C@H](C)O)ncc32)ccn1. The van der Waals surface area contributed by atoms with E-state index in [2.05, 4.69) is 25.7 Å². The van der Waals surface area contributed by atoms with Crippen molar-refractivity contribution in [2.24, 2.45) is 0 Å². The van der Waals surface area contributed by atoms with Gasteiger partial charge in [0.1, 0.15) is 5.82 Å². The van der Waals surface area contributed by atoms with E-state index in [4.69, 9.17) is 0 Å². The highest BCUT2D eigenvalue weighted by molar-refractivity contribution is 5.91. The first kappa shape index (κ1) is 19.5. The average Bonchev–Trinajstić information content (AvgIpc) is 3.16. The number of aliphatic hydroxyl groups is 1. The molecule has 0 saturated carbocycles. The molecule has 4 aromatic rings. The summed E-state index contributed by atoms with van der Waals surface area (Å²) in [6.45, 7) is 3.56. The molecule has 30 heavy (non-hydrogen) atoms. The summed E-state index contributed by atoms with van der Waals surface area (Å²) in [5.74, 6) is 0.392. The van der Waals surface area contributed by atoms with Crippen LogP contribution in [-0.2, 0) is 0 Å². The number of fused-ring (bicyclic) bond motifs is 1. The van der Waals surface area contributed by atoms with E-state index in [9.17, 15) is 9.90 Å². The topological polar surface area (TPSA) is 105 Å². The van der Waals surface area contributed by atoms with Gasteiger partial charge in [-0.15, -0.1) is 0 Å². The quantitative estimate of drug-likeness (QED) is 0.475. The number of benzene rings is 1. The zero-order valence-corrected chi connectivity index (χ0v) is 16.6. The molecule has 0 radical (unpaired) electrons. The van der Waals surface area contributed by atoms with E-state index in [1.807, 2.05) is 49.4 Å². The van der Waals surface area contributed by atoms with Crippen LogP contribution in [0.15, 0.2) is 67.1 Å². The van der Waals surface area contributed by atoms with Crippen LogP contribution >= 0.6 is 0 Å². The molecule has 1 aromatic carbocycles. The number of nitrogens with one attached hydrogen (secondary N) is 2. The van der Waals surface area contributed by atoms with Gasteiger partial charge in [-0.05, 0) is 37.6 Å². The number of urea groups is 1. The maximum Gasteiger partial charge on any atom is 0.320 e. The Morgan fingerprint density at radius 2 is 1.90 bits per heavy atom. The molecular weight excluding hydrogens is 380 g/mol. The maximum atomic E-state index is 12.5. The number of anilines is 1. The van der Waals surface area contributed by atoms with Crippen LogP contribution in [0.2, 0.25) is 0 Å². The summed E-state index contributed by atoms with van der Waals surface area (Å²) in [5, 5.41) is 20.9. The molecular formula is C22H22N6O2. The molecule has 0 aliphatic carbocycles. The summed E-state index contributed by atoms with van der Waals surface area (Å²) < 4.78 is 1.78. The van der Waals surface area contributed by atoms with Gasteiger partial charge in [-0.25, -0.2) is 14.5 Å². The van der Waals surface area contributed by atoms with Gasteiger partial charge >= 0.3 is 6.03 Å². The highest BCUT2D eigenvalue weighted by Gasteiger charge is 2.20. The number of pyridine rings is 2. The molecule has 8 nitrogen and oxygen atoms in total. The minimum absolute atomic E-state index is 0.392. The van der Waals surface area contributed by atoms with E-state index in [0.29, 0.717) is 5.82 Å². The Labute approximate surface area is 173 Å². The molecule has 2 atom stereocenters. The molecule has 0 fully saturated rings. The zero-order chi connectivity index (χ0) is 21.1. The summed E-state index contributed by atoms with van der Waals surface area (Å²) in [5.41, 5.74) is 3.42. The van der Waals surface area contributed by atoms with Gasteiger partial charge in [-0.1, -0.05) is 30.3 Å². The first-order chi connectivity index (χ1) is 14.5. The number of aryl methyl sites for hydroxylation is 1. The van der Waals surface area contributed by atoms with Crippen LogP contribution < -0.4 is 10.6 Å². The van der Waals surface area contributed by atoms with Crippen LogP contribution in [0, 0.1) is 6.92 Å². The van der Waals surface area contributed by atoms with Gasteiger partial charge < -0.3 is 10.4 Å². The molecule has 3 heterocycles. The predicted molar refractivity (Wildman–Crippen MR) is 114 cm³/mol. The van der Waals surface area contributed by atoms with Gasteiger partial charge in [-0.3, -0.25) is 10.3 Å². The Morgan fingerprint density at radius 3 is 2.63 bits per heavy atom. The van der Waals surface area contributed by atoms with Crippen molar-refractivity contribution in [2.75, 3.05) is 5.32 Å². The fourth-order valence-electron chi connectivity index (χ4n) is 3.30. The molecule has 2 amide bonds. The highest BCUT2D eigenvalue weighted by atomic mass is 16.3. The Morgan fingerprint density at radius 1 is 1.10 bits per heavy atom. The van der Waals surface area contributed by atoms with Crippen molar-refractivity contribution < 1.29 is 9.90 Å². The lowest BCUT2D eigenvalue weighted by Crippen LogP contribution is -2.37. The molecule has 4 rings (SSSR count). The van der Waals surface area contributed by atoms with Crippen molar-refractivity contribution in [3.05, 3.63) is 78.4 Å². The molecule has 3 aromatic heterocycles. The average molecular weight is 402 g/mol. The van der Waals surface area contributed by atoms with Gasteiger partial charge in [0.2, 0.25) is 0 Å². The van der Waals surface area contributed by atoms with Crippen LogP contribution in [0.25, 0.3) is 16.6 Å². The summed E-state index contributed by atoms with van der Waals surface area (Å²) in [6.07, 6.45) is 4.36. The fourth-order valence-corrected chi connectivity index (χ4v) is 3.30. The molecule has 8 heteroatoms. The second-order valence-corrected chi connectivity index (χ2v) is 7.07. The van der Waals surface area contributed by atoms with E-state index in [1.165, 1.54) is 0 Å². The number of hydrogen-bond acceptors (Lipinski definition) is 5. The number of carbonyl (C=O) groups is 1. The first-order valence-corrected chi connectivity index (χ1v) is 9.58. The zero-order valence-electron chi connectivity index (χ0n) is 16.6. The number of amides is 2. The number of rotatable bonds is 5. The monoisotopic (exact) mass is 402 g/mol. The Balaban J connectivity index is 1.52. The third-order valence-corrected chi connectivity index (χ3v) is 4.75. The van der Waals surface area contributed by atoms with Crippen molar-refractivity contribution in [1.29, 1.82) is 0 Å². The second kappa shape index (κ2) is 8.30. The fraction of sp³-hybridized carbons (Fsp3) is 0.182. The molecule has 0 bridgehead atoms. The van der Waals surface area contributed by atoms with Gasteiger partial charge in [0.05, 0.1) is 35.7 Å². The lowest BCUT2D eigenvalue weighted by molar-refractivity contribution is 0.148. The lowest BCUT2D eigenvalue weighted by Gasteiger charge is -2.22. The van der Waals surface area contributed by atoms with E-state index in [0.717, 1.165) is 27.8 Å². The number of hydrogen-bond donors (Lipinski definition) is 3. The number of aromatic nitrogens is 4. The first-order valence-electron chi connectivity index (χ1n) is 9.58. The van der Waals surface area contributed by atoms with Crippen LogP contribution in [0.1, 0.15) is 24.2 Å². The molecule has 0 aliphatic heterocycles. The van der Waals surface area contributed by atoms with Crippen molar-refractivity contribution in [2.45, 2.75) is 26.0 Å². The van der Waals surface area contributed by atoms with E-state index in [-0.39, 0.29) is 0 Å². The van der Waals surface area contributed by atoms with Gasteiger partial charge in [0.15, 0.2) is 0 Å². The van der Waals surface area contributed by atoms with Crippen LogP contribution in [0.4, 0.5) is 10.6 Å². The maximum absolute atomic E-state index is 12.5. The molecule has 3 N–H and O–H groups in total. The smallest absolute Gasteiger partial charge is 0.320 e. The predicted octanol–water partition coefficient (Wildman–Crippen LogP) is 3.37. The van der Waals surface area contributed by atoms with E-state index < -0.39 is 18.2 Å². The van der Waals surface area contributed by atoms with Gasteiger partial charge in [-0.2, -0.15) is 5.10 Å². The van der Waals surface area contributed by atoms with Crippen LogP contribution in [0.3, 0.4) is 0 Å². The summed E-state index contributed by atoms with van der Waals surface area (Å²) in [4.78, 5) is 21.0. The third kappa shape index (κ3) is 4.13. The summed E-state index contributed by atoms with van der Waals surface area (Å²) in [6, 6.07) is 13.9. The molecule has 152 valence electrons. The molecule has 1 unspecified atom stereocenters. The number of carbonyl (C=O) groups excluding carboxylic acids is 1. The summed E-state index contributed by atoms with van der Waals surface area (Å²) in [7, 11) is 0. The summed E-state index contributed by atoms with van der Waals surface area (Å²) >= 11 is 0. The Bertz CT molecular complexity index is 1170. The van der Waals surface area contributed by atoms with E-state index >= 15 is 0 Å². The van der Waals surface area contributed by atoms with Gasteiger partial charge in [0.25, 0.3) is 0 Å². The highest BCUT2D eigenvalue weighted by Crippen LogP contribution is 2.21. The van der Waals surface area contributed by atoms with Gasteiger partial charge in [0, 0.05) is 17.3 Å². The van der Waals surface area contributed by atoms with Crippen LogP contribution in [0.5, 0.6) is 0 Å². The minimum atomic E-state index is -0.754. The van der Waals surface area contributed by atoms with E-state index in [1.54, 1.807) is 36.3 Å². The largest absolute Gasteiger partial charge is 0.391 e. The van der Waals surface area contributed by atoms with Crippen molar-refractivity contribution >= 4 is 22.8 Å². The Hall–Kier alpha value is -3.78. The van der Waals surface area contributed by atoms with Crippen molar-refractivity contribution in [3.63, 3.8) is 0 Å². The second-order valence-electron chi connectivity index (χ2n) is 7.07. The standard InChI is InChI=1S/C22H22N6O2/c1-14-10-18(8-9-23-14)28-19-13-24-20(11-17(19)12-25-28)26-22(30)27-21(15(2)29)16-6-4-3-5-7-16/h3-13,15,21,29H,1-2H3,(H2,24,26,27,30)/t15-,21?/m0/s1. The Kier molecular flexibility index (Phi) is 5.40. The van der Waals surface area contributed by atoms with Crippen molar-refractivity contribution in [3.8, 4) is 5.69 Å². The normalized spacial score (nSPS) is 13.0.